The molecule has 0 aliphatic heterocycles. The number of nitrogens with two attached hydrogens (primary N) is 1. The normalized spacial score (nSPS) is 11.2. The number of nitrogen functional groups attached to an aromatic ring is 1. The third-order valence-electron chi connectivity index (χ3n) is 3.05. The van der Waals surface area contributed by atoms with Gasteiger partial charge in [0.15, 0.2) is 0 Å². The lowest BCUT2D eigenvalue weighted by atomic mass is 10.1. The van der Waals surface area contributed by atoms with Gasteiger partial charge in [0.2, 0.25) is 0 Å². The Morgan fingerprint density at radius 3 is 2.52 bits per heavy atom. The molecule has 23 heavy (non-hydrogen) atoms. The quantitative estimate of drug-likeness (QED) is 0.907. The first-order valence-electron chi connectivity index (χ1n) is 7.17. The van der Waals surface area contributed by atoms with Crippen LogP contribution >= 0.6 is 0 Å². The lowest BCUT2D eigenvalue weighted by Crippen LogP contribution is -2.27. The van der Waals surface area contributed by atoms with E-state index in [0.29, 0.717) is 22.9 Å². The average Bonchev–Trinajstić information content (AvgIpc) is 2.76. The number of hydrogen-bond acceptors (Lipinski definition) is 5. The van der Waals surface area contributed by atoms with Gasteiger partial charge in [0.25, 0.3) is 0 Å². The Bertz CT molecular complexity index is 697. The molecule has 0 unspecified atom stereocenters. The van der Waals surface area contributed by atoms with Crippen LogP contribution in [0.15, 0.2) is 24.3 Å². The van der Waals surface area contributed by atoms with Crippen LogP contribution in [0, 0.1) is 0 Å². The van der Waals surface area contributed by atoms with Gasteiger partial charge < -0.3 is 15.2 Å². The number of carbonyl (C=O) groups excluding carboxylic acids is 1. The average molecular weight is 318 g/mol. The van der Waals surface area contributed by atoms with Crippen molar-refractivity contribution >= 4 is 17.6 Å². The molecule has 3 N–H and O–H groups in total. The van der Waals surface area contributed by atoms with Crippen molar-refractivity contribution in [3.63, 3.8) is 0 Å². The number of nitrogens with zero attached hydrogens (tertiary/aromatic N) is 2. The van der Waals surface area contributed by atoms with Gasteiger partial charge in [-0.3, -0.25) is 10.00 Å². The van der Waals surface area contributed by atoms with Crippen LogP contribution in [0.3, 0.4) is 0 Å². The summed E-state index contributed by atoms with van der Waals surface area (Å²) in [7, 11) is 3.31. The van der Waals surface area contributed by atoms with E-state index < -0.39 is 11.7 Å². The fourth-order valence-corrected chi connectivity index (χ4v) is 2.00. The number of ether oxygens (including phenoxy) is 2. The molecule has 124 valence electrons. The molecule has 0 spiro atoms. The fraction of sp³-hybridized carbons (Fsp3) is 0.375. The van der Waals surface area contributed by atoms with Crippen molar-refractivity contribution in [3.05, 3.63) is 24.3 Å². The topological polar surface area (TPSA) is 91.4 Å². The number of hydrogen-bond donors (Lipinski definition) is 2. The minimum absolute atomic E-state index is 0.527. The molecule has 2 rings (SSSR count). The van der Waals surface area contributed by atoms with Crippen molar-refractivity contribution in [2.45, 2.75) is 26.4 Å². The second-order valence-electron chi connectivity index (χ2n) is 6.12. The molecule has 7 nitrogen and oxygen atoms in total. The van der Waals surface area contributed by atoms with Gasteiger partial charge in [-0.15, -0.1) is 0 Å². The van der Waals surface area contributed by atoms with E-state index in [0.717, 1.165) is 5.56 Å². The predicted molar refractivity (Wildman–Crippen MR) is 89.5 cm³/mol. The molecule has 0 radical (unpaired) electrons. The lowest BCUT2D eigenvalue weighted by molar-refractivity contribution is 0.0636. The Hall–Kier alpha value is -2.70. The largest absolute Gasteiger partial charge is 0.497 e. The molecule has 0 aliphatic rings. The first-order valence-corrected chi connectivity index (χ1v) is 7.17. The standard InChI is InChI=1S/C16H22N4O3/c1-16(2,3)23-15(21)18-12-8-10(22-5)6-7-11(12)13-9-14(17)20(4)19-13/h6-9H,17H2,1-5H3,(H,18,21). The molecule has 2 aromatic rings. The molecule has 1 aromatic carbocycles. The highest BCUT2D eigenvalue weighted by Crippen LogP contribution is 2.32. The van der Waals surface area contributed by atoms with Gasteiger partial charge in [0, 0.05) is 24.7 Å². The second kappa shape index (κ2) is 6.20. The van der Waals surface area contributed by atoms with E-state index in [1.165, 1.54) is 0 Å². The van der Waals surface area contributed by atoms with Crippen molar-refractivity contribution in [2.75, 3.05) is 18.2 Å². The SMILES string of the molecule is COc1ccc(-c2cc(N)n(C)n2)c(NC(=O)OC(C)(C)C)c1. The number of anilines is 2. The van der Waals surface area contributed by atoms with E-state index in [-0.39, 0.29) is 0 Å². The molecule has 0 saturated heterocycles. The Morgan fingerprint density at radius 1 is 1.30 bits per heavy atom. The maximum absolute atomic E-state index is 12.1. The highest BCUT2D eigenvalue weighted by atomic mass is 16.6. The number of rotatable bonds is 3. The molecule has 1 amide bonds. The van der Waals surface area contributed by atoms with Crippen LogP contribution < -0.4 is 15.8 Å². The van der Waals surface area contributed by atoms with Gasteiger partial charge >= 0.3 is 6.09 Å². The maximum atomic E-state index is 12.1. The number of methoxy groups -OCH3 is 1. The first kappa shape index (κ1) is 16.7. The molecule has 1 heterocycles. The van der Waals surface area contributed by atoms with Crippen LogP contribution in [-0.4, -0.2) is 28.6 Å². The van der Waals surface area contributed by atoms with E-state index in [1.54, 1.807) is 57.8 Å². The Labute approximate surface area is 135 Å². The van der Waals surface area contributed by atoms with Crippen molar-refractivity contribution in [1.29, 1.82) is 0 Å². The molecule has 0 atom stereocenters. The van der Waals surface area contributed by atoms with E-state index in [9.17, 15) is 4.79 Å². The molecule has 1 aromatic heterocycles. The van der Waals surface area contributed by atoms with E-state index >= 15 is 0 Å². The molecule has 0 fully saturated rings. The molecule has 0 saturated carbocycles. The number of benzene rings is 1. The lowest BCUT2D eigenvalue weighted by Gasteiger charge is -2.20. The summed E-state index contributed by atoms with van der Waals surface area (Å²) in [6.45, 7) is 5.41. The smallest absolute Gasteiger partial charge is 0.412 e. The van der Waals surface area contributed by atoms with E-state index in [4.69, 9.17) is 15.2 Å². The summed E-state index contributed by atoms with van der Waals surface area (Å²) in [6, 6.07) is 7.06. The minimum atomic E-state index is -0.585. The molecular weight excluding hydrogens is 296 g/mol. The number of aromatic nitrogens is 2. The predicted octanol–water partition coefficient (Wildman–Crippen LogP) is 3.02. The summed E-state index contributed by atoms with van der Waals surface area (Å²) in [4.78, 5) is 12.1. The fourth-order valence-electron chi connectivity index (χ4n) is 2.00. The van der Waals surface area contributed by atoms with E-state index in [1.807, 2.05) is 6.07 Å². The summed E-state index contributed by atoms with van der Waals surface area (Å²) >= 11 is 0. The van der Waals surface area contributed by atoms with Gasteiger partial charge in [0.05, 0.1) is 18.5 Å². The Kier molecular flexibility index (Phi) is 4.49. The maximum Gasteiger partial charge on any atom is 0.412 e. The van der Waals surface area contributed by atoms with Crippen LogP contribution in [0.1, 0.15) is 20.8 Å². The van der Waals surface area contributed by atoms with Crippen molar-refractivity contribution in [1.82, 2.24) is 9.78 Å². The molecule has 0 bridgehead atoms. The number of aryl methyl sites for hydroxylation is 1. The van der Waals surface area contributed by atoms with Crippen molar-refractivity contribution in [3.8, 4) is 17.0 Å². The molecule has 7 heteroatoms. The highest BCUT2D eigenvalue weighted by molar-refractivity contribution is 5.91. The summed E-state index contributed by atoms with van der Waals surface area (Å²) in [5, 5.41) is 7.07. The monoisotopic (exact) mass is 318 g/mol. The first-order chi connectivity index (χ1) is 10.7. The summed E-state index contributed by atoms with van der Waals surface area (Å²) < 4.78 is 12.1. The second-order valence-corrected chi connectivity index (χ2v) is 6.12. The van der Waals surface area contributed by atoms with Crippen LogP contribution in [-0.2, 0) is 11.8 Å². The Morgan fingerprint density at radius 2 is 2.00 bits per heavy atom. The van der Waals surface area contributed by atoms with Crippen LogP contribution in [0.5, 0.6) is 5.75 Å². The summed E-state index contributed by atoms with van der Waals surface area (Å²) in [5.41, 5.74) is 7.16. The van der Waals surface area contributed by atoms with Gasteiger partial charge in [0.1, 0.15) is 17.2 Å². The third kappa shape index (κ3) is 4.15. The van der Waals surface area contributed by atoms with Gasteiger partial charge in [-0.25, -0.2) is 4.79 Å². The van der Waals surface area contributed by atoms with Gasteiger partial charge in [-0.05, 0) is 32.9 Å². The number of carbonyl (C=O) groups is 1. The van der Waals surface area contributed by atoms with E-state index in [2.05, 4.69) is 10.4 Å². The minimum Gasteiger partial charge on any atom is -0.497 e. The van der Waals surface area contributed by atoms with Gasteiger partial charge in [-0.1, -0.05) is 0 Å². The highest BCUT2D eigenvalue weighted by Gasteiger charge is 2.19. The van der Waals surface area contributed by atoms with Crippen LogP contribution in [0.25, 0.3) is 11.3 Å². The zero-order chi connectivity index (χ0) is 17.2. The third-order valence-corrected chi connectivity index (χ3v) is 3.05. The Balaban J connectivity index is 2.37. The zero-order valence-electron chi connectivity index (χ0n) is 14.0. The summed E-state index contributed by atoms with van der Waals surface area (Å²) in [6.07, 6.45) is -0.545. The zero-order valence-corrected chi connectivity index (χ0v) is 14.0. The van der Waals surface area contributed by atoms with Crippen LogP contribution in [0.2, 0.25) is 0 Å². The number of amides is 1. The van der Waals surface area contributed by atoms with Crippen LogP contribution in [0.4, 0.5) is 16.3 Å². The van der Waals surface area contributed by atoms with Crippen molar-refractivity contribution < 1.29 is 14.3 Å². The molecular formula is C16H22N4O3. The molecule has 0 aliphatic carbocycles. The van der Waals surface area contributed by atoms with Gasteiger partial charge in [-0.2, -0.15) is 5.10 Å². The number of nitrogens with one attached hydrogen (secondary N) is 1. The summed E-state index contributed by atoms with van der Waals surface area (Å²) in [5.74, 6) is 1.14. The van der Waals surface area contributed by atoms with Crippen molar-refractivity contribution in [2.24, 2.45) is 7.05 Å².